The molecule has 1 amide bonds. The molecule has 0 spiro atoms. The second-order valence-corrected chi connectivity index (χ2v) is 9.75. The smallest absolute Gasteiger partial charge is 0.240 e. The Bertz CT molecular complexity index is 1030. The van der Waals surface area contributed by atoms with Gasteiger partial charge in [-0.05, 0) is 35.9 Å². The topological polar surface area (TPSA) is 109 Å². The van der Waals surface area contributed by atoms with Crippen molar-refractivity contribution in [1.29, 1.82) is 0 Å². The largest absolute Gasteiger partial charge is 0.325 e. The average molecular weight is 417 g/mol. The maximum Gasteiger partial charge on any atom is 0.240 e. The predicted molar refractivity (Wildman–Crippen MR) is 99.3 cm³/mol. The summed E-state index contributed by atoms with van der Waals surface area (Å²) in [6, 6.07) is 9.86. The predicted octanol–water partition coefficient (Wildman–Crippen LogP) is 2.18. The minimum atomic E-state index is -3.83. The lowest BCUT2D eigenvalue weighted by atomic mass is 10.2. The molecule has 7 nitrogen and oxygen atoms in total. The highest BCUT2D eigenvalue weighted by Crippen LogP contribution is 2.25. The van der Waals surface area contributed by atoms with E-state index in [1.54, 1.807) is 0 Å². The van der Waals surface area contributed by atoms with Crippen LogP contribution in [0, 0.1) is 0 Å². The van der Waals surface area contributed by atoms with Gasteiger partial charge in [-0.15, -0.1) is 0 Å². The molecule has 2 N–H and O–H groups in total. The first kappa shape index (κ1) is 20.4. The number of nitrogens with one attached hydrogen (secondary N) is 2. The minimum absolute atomic E-state index is 0.0164. The standard InChI is InChI=1S/C16H17ClN2O5S2/c1-11(20)19-16-8-7-14(9-15(16)17)26(23,24)18-10-12-3-5-13(6-4-12)25(2,21)22/h3-9,18H,10H2,1-2H3,(H,19,20). The van der Waals surface area contributed by atoms with Crippen LogP contribution in [0.15, 0.2) is 52.3 Å². The van der Waals surface area contributed by atoms with E-state index in [1.165, 1.54) is 49.4 Å². The van der Waals surface area contributed by atoms with Crippen LogP contribution in [-0.2, 0) is 31.2 Å². The van der Waals surface area contributed by atoms with Crippen LogP contribution in [0.5, 0.6) is 0 Å². The normalized spacial score (nSPS) is 12.0. The maximum absolute atomic E-state index is 12.4. The van der Waals surface area contributed by atoms with Gasteiger partial charge in [-0.25, -0.2) is 21.6 Å². The second kappa shape index (κ2) is 7.75. The van der Waals surface area contributed by atoms with Crippen LogP contribution in [0.3, 0.4) is 0 Å². The highest BCUT2D eigenvalue weighted by atomic mass is 35.5. The minimum Gasteiger partial charge on any atom is -0.325 e. The Morgan fingerprint density at radius 3 is 2.08 bits per heavy atom. The molecule has 2 aromatic rings. The molecule has 0 unspecified atom stereocenters. The van der Waals surface area contributed by atoms with Crippen molar-refractivity contribution in [1.82, 2.24) is 4.72 Å². The van der Waals surface area contributed by atoms with Crippen molar-refractivity contribution in [3.8, 4) is 0 Å². The van der Waals surface area contributed by atoms with Crippen molar-refractivity contribution in [3.63, 3.8) is 0 Å². The van der Waals surface area contributed by atoms with Crippen molar-refractivity contribution < 1.29 is 21.6 Å². The summed E-state index contributed by atoms with van der Waals surface area (Å²) in [5, 5.41) is 2.59. The van der Waals surface area contributed by atoms with Gasteiger partial charge in [0.25, 0.3) is 0 Å². The van der Waals surface area contributed by atoms with Gasteiger partial charge in [0.05, 0.1) is 20.5 Å². The highest BCUT2D eigenvalue weighted by Gasteiger charge is 2.16. The highest BCUT2D eigenvalue weighted by molar-refractivity contribution is 7.90. The van der Waals surface area contributed by atoms with Crippen molar-refractivity contribution >= 4 is 43.1 Å². The Morgan fingerprint density at radius 2 is 1.58 bits per heavy atom. The van der Waals surface area contributed by atoms with Gasteiger partial charge in [0.2, 0.25) is 15.9 Å². The molecule has 10 heteroatoms. The zero-order valence-electron chi connectivity index (χ0n) is 14.0. The van der Waals surface area contributed by atoms with E-state index in [9.17, 15) is 21.6 Å². The third-order valence-electron chi connectivity index (χ3n) is 3.38. The first-order valence-electron chi connectivity index (χ1n) is 7.35. The van der Waals surface area contributed by atoms with E-state index >= 15 is 0 Å². The van der Waals surface area contributed by atoms with Crippen LogP contribution in [0.2, 0.25) is 5.02 Å². The van der Waals surface area contributed by atoms with Gasteiger partial charge in [0.15, 0.2) is 9.84 Å². The third-order valence-corrected chi connectivity index (χ3v) is 6.22. The number of rotatable bonds is 6. The van der Waals surface area contributed by atoms with E-state index in [0.29, 0.717) is 11.3 Å². The lowest BCUT2D eigenvalue weighted by Gasteiger charge is -2.10. The zero-order chi connectivity index (χ0) is 19.5. The molecule has 0 bridgehead atoms. The molecule has 140 valence electrons. The fourth-order valence-corrected chi connectivity index (χ4v) is 4.04. The molecule has 0 radical (unpaired) electrons. The quantitative estimate of drug-likeness (QED) is 0.750. The Kier molecular flexibility index (Phi) is 6.07. The maximum atomic E-state index is 12.4. The number of sulfone groups is 1. The summed E-state index contributed by atoms with van der Waals surface area (Å²) in [6.45, 7) is 1.30. The van der Waals surface area contributed by atoms with Crippen LogP contribution >= 0.6 is 11.6 Å². The molecule has 0 saturated heterocycles. The van der Waals surface area contributed by atoms with Crippen LogP contribution < -0.4 is 10.0 Å². The SMILES string of the molecule is CC(=O)Nc1ccc(S(=O)(=O)NCc2ccc(S(C)(=O)=O)cc2)cc1Cl. The summed E-state index contributed by atoms with van der Waals surface area (Å²) in [6.07, 6.45) is 1.10. The van der Waals surface area contributed by atoms with Crippen molar-refractivity contribution in [2.24, 2.45) is 0 Å². The number of benzene rings is 2. The molecular formula is C16H17ClN2O5S2. The molecule has 0 fully saturated rings. The summed E-state index contributed by atoms with van der Waals surface area (Å²) in [5.74, 6) is -0.321. The van der Waals surface area contributed by atoms with E-state index in [-0.39, 0.29) is 27.3 Å². The fourth-order valence-electron chi connectivity index (χ4n) is 2.07. The molecule has 26 heavy (non-hydrogen) atoms. The van der Waals surface area contributed by atoms with Crippen LogP contribution in [-0.4, -0.2) is 29.0 Å². The van der Waals surface area contributed by atoms with Gasteiger partial charge in [-0.2, -0.15) is 0 Å². The number of sulfonamides is 1. The lowest BCUT2D eigenvalue weighted by molar-refractivity contribution is -0.114. The number of anilines is 1. The van der Waals surface area contributed by atoms with Crippen LogP contribution in [0.25, 0.3) is 0 Å². The van der Waals surface area contributed by atoms with Gasteiger partial charge in [-0.3, -0.25) is 4.79 Å². The molecule has 0 saturated carbocycles. The van der Waals surface area contributed by atoms with E-state index in [0.717, 1.165) is 6.26 Å². The Hall–Kier alpha value is -1.94. The van der Waals surface area contributed by atoms with Gasteiger partial charge in [-0.1, -0.05) is 23.7 Å². The summed E-state index contributed by atoms with van der Waals surface area (Å²) in [7, 11) is -7.14. The Labute approximate surface area is 157 Å². The van der Waals surface area contributed by atoms with Gasteiger partial charge in [0.1, 0.15) is 0 Å². The number of carbonyl (C=O) groups excluding carboxylic acids is 1. The third kappa shape index (κ3) is 5.28. The van der Waals surface area contributed by atoms with E-state index in [1.807, 2.05) is 0 Å². The molecular weight excluding hydrogens is 400 g/mol. The first-order valence-corrected chi connectivity index (χ1v) is 11.1. The van der Waals surface area contributed by atoms with Crippen LogP contribution in [0.1, 0.15) is 12.5 Å². The molecule has 0 aliphatic carbocycles. The molecule has 0 atom stereocenters. The van der Waals surface area contributed by atoms with Gasteiger partial charge < -0.3 is 5.32 Å². The zero-order valence-corrected chi connectivity index (χ0v) is 16.4. The molecule has 0 aromatic heterocycles. The summed E-state index contributed by atoms with van der Waals surface area (Å²) < 4.78 is 50.0. The monoisotopic (exact) mass is 416 g/mol. The number of halogens is 1. The molecule has 2 aromatic carbocycles. The molecule has 0 heterocycles. The van der Waals surface area contributed by atoms with Crippen molar-refractivity contribution in [2.45, 2.75) is 23.3 Å². The fraction of sp³-hybridized carbons (Fsp3) is 0.188. The first-order chi connectivity index (χ1) is 12.0. The van der Waals surface area contributed by atoms with Crippen molar-refractivity contribution in [2.75, 3.05) is 11.6 Å². The Morgan fingerprint density at radius 1 is 1.00 bits per heavy atom. The summed E-state index contributed by atoms with van der Waals surface area (Å²) in [4.78, 5) is 11.2. The lowest BCUT2D eigenvalue weighted by Crippen LogP contribution is -2.23. The van der Waals surface area contributed by atoms with E-state index in [2.05, 4.69) is 10.0 Å². The van der Waals surface area contributed by atoms with Crippen molar-refractivity contribution in [3.05, 3.63) is 53.1 Å². The average Bonchev–Trinajstić information content (AvgIpc) is 2.54. The van der Waals surface area contributed by atoms with E-state index in [4.69, 9.17) is 11.6 Å². The van der Waals surface area contributed by atoms with Gasteiger partial charge >= 0.3 is 0 Å². The molecule has 0 aliphatic rings. The number of amides is 1. The number of hydrogen-bond donors (Lipinski definition) is 2. The molecule has 0 aliphatic heterocycles. The number of carbonyl (C=O) groups is 1. The van der Waals surface area contributed by atoms with Crippen LogP contribution in [0.4, 0.5) is 5.69 Å². The summed E-state index contributed by atoms with van der Waals surface area (Å²) in [5.41, 5.74) is 0.913. The summed E-state index contributed by atoms with van der Waals surface area (Å²) >= 11 is 5.99. The Balaban J connectivity index is 2.14. The van der Waals surface area contributed by atoms with E-state index < -0.39 is 19.9 Å². The van der Waals surface area contributed by atoms with Gasteiger partial charge in [0, 0.05) is 19.7 Å². The number of hydrogen-bond acceptors (Lipinski definition) is 5. The second-order valence-electron chi connectivity index (χ2n) is 5.56. The molecule has 2 rings (SSSR count).